The van der Waals surface area contributed by atoms with E-state index >= 15 is 0 Å². The van der Waals surface area contributed by atoms with Crippen LogP contribution in [-0.2, 0) is 6.54 Å². The maximum atomic E-state index is 8.65. The fraction of sp³-hybridized carbons (Fsp3) is 0.500. The van der Waals surface area contributed by atoms with Crippen molar-refractivity contribution < 1.29 is 5.11 Å². The minimum absolute atomic E-state index is 0.0796. The normalized spacial score (nSPS) is 18.4. The summed E-state index contributed by atoms with van der Waals surface area (Å²) < 4.78 is 0. The molecule has 0 spiro atoms. The first-order valence-electron chi connectivity index (χ1n) is 6.55. The Morgan fingerprint density at radius 2 is 2.00 bits per heavy atom. The molecular weight excluding hydrogens is 222 g/mol. The predicted molar refractivity (Wildman–Crippen MR) is 74.1 cm³/mol. The maximum absolute atomic E-state index is 8.65. The number of benzene rings is 1. The number of aliphatic hydroxyl groups is 1. The van der Waals surface area contributed by atoms with Crippen LogP contribution in [0.15, 0.2) is 24.3 Å². The van der Waals surface area contributed by atoms with Gasteiger partial charge in [-0.25, -0.2) is 0 Å². The summed E-state index contributed by atoms with van der Waals surface area (Å²) in [5, 5.41) is 8.65. The summed E-state index contributed by atoms with van der Waals surface area (Å²) >= 11 is 0. The van der Waals surface area contributed by atoms with Gasteiger partial charge in [0.25, 0.3) is 0 Å². The SMILES string of the molecule is CC1(C)CCCN1Cc1ccc(C#CCO)cc1. The lowest BCUT2D eigenvalue weighted by atomic mass is 10.0. The summed E-state index contributed by atoms with van der Waals surface area (Å²) in [6, 6.07) is 8.33. The first-order valence-corrected chi connectivity index (χ1v) is 6.55. The summed E-state index contributed by atoms with van der Waals surface area (Å²) in [5.74, 6) is 5.58. The number of rotatable bonds is 2. The molecule has 18 heavy (non-hydrogen) atoms. The van der Waals surface area contributed by atoms with Gasteiger partial charge in [-0.05, 0) is 50.9 Å². The van der Waals surface area contributed by atoms with Crippen molar-refractivity contribution in [2.45, 2.75) is 38.8 Å². The van der Waals surface area contributed by atoms with Crippen LogP contribution in [0.3, 0.4) is 0 Å². The second-order valence-electron chi connectivity index (χ2n) is 5.49. The molecule has 0 saturated carbocycles. The largest absolute Gasteiger partial charge is 0.384 e. The van der Waals surface area contributed by atoms with Gasteiger partial charge < -0.3 is 5.11 Å². The number of nitrogens with zero attached hydrogens (tertiary/aromatic N) is 1. The smallest absolute Gasteiger partial charge is 0.104 e. The van der Waals surface area contributed by atoms with Crippen LogP contribution in [0.1, 0.15) is 37.8 Å². The van der Waals surface area contributed by atoms with E-state index in [-0.39, 0.29) is 6.61 Å². The van der Waals surface area contributed by atoms with Gasteiger partial charge in [-0.1, -0.05) is 24.0 Å². The molecule has 2 nitrogen and oxygen atoms in total. The van der Waals surface area contributed by atoms with E-state index in [0.717, 1.165) is 12.1 Å². The van der Waals surface area contributed by atoms with Crippen molar-refractivity contribution in [1.82, 2.24) is 4.90 Å². The summed E-state index contributed by atoms with van der Waals surface area (Å²) in [5.41, 5.74) is 2.63. The van der Waals surface area contributed by atoms with E-state index < -0.39 is 0 Å². The third-order valence-corrected chi connectivity index (χ3v) is 3.71. The van der Waals surface area contributed by atoms with Crippen molar-refractivity contribution in [2.24, 2.45) is 0 Å². The van der Waals surface area contributed by atoms with Crippen LogP contribution in [0.25, 0.3) is 0 Å². The average Bonchev–Trinajstić information content (AvgIpc) is 2.68. The molecule has 1 aliphatic heterocycles. The van der Waals surface area contributed by atoms with E-state index in [4.69, 9.17) is 5.11 Å². The van der Waals surface area contributed by atoms with E-state index in [2.05, 4.69) is 42.7 Å². The Balaban J connectivity index is 2.02. The minimum atomic E-state index is -0.0796. The van der Waals surface area contributed by atoms with Gasteiger partial charge in [0.15, 0.2) is 0 Å². The van der Waals surface area contributed by atoms with Gasteiger partial charge >= 0.3 is 0 Å². The molecule has 1 aliphatic rings. The molecule has 0 aromatic heterocycles. The fourth-order valence-corrected chi connectivity index (χ4v) is 2.51. The Morgan fingerprint density at radius 1 is 1.28 bits per heavy atom. The number of hydrogen-bond donors (Lipinski definition) is 1. The van der Waals surface area contributed by atoms with Gasteiger partial charge in [-0.15, -0.1) is 0 Å². The molecule has 96 valence electrons. The molecule has 0 amide bonds. The second-order valence-corrected chi connectivity index (χ2v) is 5.49. The number of likely N-dealkylation sites (tertiary alicyclic amines) is 1. The molecule has 1 heterocycles. The monoisotopic (exact) mass is 243 g/mol. The van der Waals surface area contributed by atoms with Gasteiger partial charge in [0.05, 0.1) is 0 Å². The summed E-state index contributed by atoms with van der Waals surface area (Å²) in [6.07, 6.45) is 2.58. The van der Waals surface area contributed by atoms with Crippen LogP contribution in [0.4, 0.5) is 0 Å². The number of hydrogen-bond acceptors (Lipinski definition) is 2. The van der Waals surface area contributed by atoms with Gasteiger partial charge in [0.1, 0.15) is 6.61 Å². The van der Waals surface area contributed by atoms with Gasteiger partial charge in [-0.3, -0.25) is 4.90 Å². The average molecular weight is 243 g/mol. The van der Waals surface area contributed by atoms with Crippen LogP contribution >= 0.6 is 0 Å². The molecule has 0 atom stereocenters. The highest BCUT2D eigenvalue weighted by atomic mass is 16.2. The summed E-state index contributed by atoms with van der Waals surface area (Å²) in [6.45, 7) is 6.77. The second kappa shape index (κ2) is 5.56. The van der Waals surface area contributed by atoms with Crippen LogP contribution in [-0.4, -0.2) is 28.7 Å². The highest BCUT2D eigenvalue weighted by Gasteiger charge is 2.31. The van der Waals surface area contributed by atoms with Crippen molar-refractivity contribution in [3.8, 4) is 11.8 Å². The van der Waals surface area contributed by atoms with Crippen molar-refractivity contribution in [1.29, 1.82) is 0 Å². The minimum Gasteiger partial charge on any atom is -0.384 e. The molecular formula is C16H21NO. The highest BCUT2D eigenvalue weighted by molar-refractivity contribution is 5.36. The zero-order valence-electron chi connectivity index (χ0n) is 11.2. The maximum Gasteiger partial charge on any atom is 0.104 e. The van der Waals surface area contributed by atoms with Crippen LogP contribution in [0.2, 0.25) is 0 Å². The lowest BCUT2D eigenvalue weighted by Crippen LogP contribution is -2.37. The quantitative estimate of drug-likeness (QED) is 0.806. The molecule has 1 saturated heterocycles. The number of aliphatic hydroxyl groups excluding tert-OH is 1. The van der Waals surface area contributed by atoms with Crippen molar-refractivity contribution in [2.75, 3.05) is 13.2 Å². The molecule has 1 fully saturated rings. The lowest BCUT2D eigenvalue weighted by Gasteiger charge is -2.31. The zero-order chi connectivity index (χ0) is 13.0. The Morgan fingerprint density at radius 3 is 2.56 bits per heavy atom. The predicted octanol–water partition coefficient (Wildman–Crippen LogP) is 2.40. The summed E-state index contributed by atoms with van der Waals surface area (Å²) in [7, 11) is 0. The van der Waals surface area contributed by atoms with Crippen molar-refractivity contribution in [3.63, 3.8) is 0 Å². The van der Waals surface area contributed by atoms with E-state index in [1.54, 1.807) is 0 Å². The first kappa shape index (κ1) is 13.1. The Kier molecular flexibility index (Phi) is 4.06. The van der Waals surface area contributed by atoms with E-state index in [0.29, 0.717) is 5.54 Å². The van der Waals surface area contributed by atoms with Crippen LogP contribution in [0, 0.1) is 11.8 Å². The lowest BCUT2D eigenvalue weighted by molar-refractivity contribution is 0.166. The molecule has 1 aromatic carbocycles. The fourth-order valence-electron chi connectivity index (χ4n) is 2.51. The molecule has 2 heteroatoms. The molecule has 2 rings (SSSR count). The van der Waals surface area contributed by atoms with Crippen molar-refractivity contribution >= 4 is 0 Å². The molecule has 1 N–H and O–H groups in total. The van der Waals surface area contributed by atoms with Gasteiger partial charge in [-0.2, -0.15) is 0 Å². The third-order valence-electron chi connectivity index (χ3n) is 3.71. The Bertz CT molecular complexity index is 450. The Hall–Kier alpha value is -1.30. The Labute approximate surface area is 110 Å². The molecule has 0 aliphatic carbocycles. The molecule has 0 radical (unpaired) electrons. The molecule has 0 unspecified atom stereocenters. The van der Waals surface area contributed by atoms with Gasteiger partial charge in [0.2, 0.25) is 0 Å². The van der Waals surface area contributed by atoms with E-state index in [1.807, 2.05) is 12.1 Å². The first-order chi connectivity index (χ1) is 8.62. The zero-order valence-corrected chi connectivity index (χ0v) is 11.2. The van der Waals surface area contributed by atoms with Crippen LogP contribution in [0.5, 0.6) is 0 Å². The van der Waals surface area contributed by atoms with Crippen molar-refractivity contribution in [3.05, 3.63) is 35.4 Å². The van der Waals surface area contributed by atoms with E-state index in [1.165, 1.54) is 24.9 Å². The molecule has 1 aromatic rings. The topological polar surface area (TPSA) is 23.5 Å². The standard InChI is InChI=1S/C16H21NO/c1-16(2)10-4-11-17(16)13-15-8-6-14(7-9-15)5-3-12-18/h6-9,18H,4,10-13H2,1-2H3. The highest BCUT2D eigenvalue weighted by Crippen LogP contribution is 2.29. The molecule has 0 bridgehead atoms. The summed E-state index contributed by atoms with van der Waals surface area (Å²) in [4.78, 5) is 2.54. The van der Waals surface area contributed by atoms with E-state index in [9.17, 15) is 0 Å². The van der Waals surface area contributed by atoms with Crippen LogP contribution < -0.4 is 0 Å². The third kappa shape index (κ3) is 3.13. The van der Waals surface area contributed by atoms with Gasteiger partial charge in [0, 0.05) is 17.6 Å².